The van der Waals surface area contributed by atoms with E-state index in [0.29, 0.717) is 5.56 Å². The van der Waals surface area contributed by atoms with E-state index in [4.69, 9.17) is 0 Å². The molecule has 4 rings (SSSR count). The first-order chi connectivity index (χ1) is 14.6. The maximum atomic E-state index is 12.2. The number of aromatic nitrogens is 1. The van der Waals surface area contributed by atoms with E-state index in [0.717, 1.165) is 23.0 Å². The molecule has 1 amide bonds. The van der Waals surface area contributed by atoms with Gasteiger partial charge >= 0.3 is 0 Å². The number of carbonyl (C=O) groups excluding carboxylic acids is 1. The van der Waals surface area contributed by atoms with E-state index in [9.17, 15) is 9.90 Å². The van der Waals surface area contributed by atoms with E-state index < -0.39 is 12.0 Å². The number of aliphatic hydroxyl groups excluding tert-OH is 1. The van der Waals surface area contributed by atoms with Gasteiger partial charge in [-0.2, -0.15) is 5.10 Å². The highest BCUT2D eigenvalue weighted by molar-refractivity contribution is 5.99. The van der Waals surface area contributed by atoms with Gasteiger partial charge in [-0.3, -0.25) is 4.79 Å². The molecule has 4 aromatic rings. The van der Waals surface area contributed by atoms with Crippen molar-refractivity contribution < 1.29 is 9.90 Å². The van der Waals surface area contributed by atoms with Crippen LogP contribution in [0.5, 0.6) is 0 Å². The van der Waals surface area contributed by atoms with Crippen molar-refractivity contribution in [3.63, 3.8) is 0 Å². The van der Waals surface area contributed by atoms with Crippen molar-refractivity contribution in [1.29, 1.82) is 0 Å². The van der Waals surface area contributed by atoms with E-state index in [-0.39, 0.29) is 0 Å². The van der Waals surface area contributed by atoms with Crippen LogP contribution in [0.25, 0.3) is 10.9 Å². The van der Waals surface area contributed by atoms with Gasteiger partial charge in [0, 0.05) is 29.2 Å². The molecule has 0 unspecified atom stereocenters. The third-order valence-electron chi connectivity index (χ3n) is 5.03. The molecule has 0 bridgehead atoms. The third-order valence-corrected chi connectivity index (χ3v) is 5.03. The van der Waals surface area contributed by atoms with Crippen LogP contribution in [0.4, 0.5) is 0 Å². The molecule has 0 aliphatic carbocycles. The highest BCUT2D eigenvalue weighted by atomic mass is 16.3. The summed E-state index contributed by atoms with van der Waals surface area (Å²) in [6.07, 6.45) is 2.38. The van der Waals surface area contributed by atoms with E-state index in [1.54, 1.807) is 30.5 Å². The number of hydrogen-bond donors (Lipinski definition) is 2. The minimum atomic E-state index is -1.26. The van der Waals surface area contributed by atoms with Gasteiger partial charge in [0.05, 0.1) is 6.21 Å². The second-order valence-electron chi connectivity index (χ2n) is 7.26. The first-order valence-electron chi connectivity index (χ1n) is 9.81. The van der Waals surface area contributed by atoms with Crippen LogP contribution in [0, 0.1) is 6.92 Å². The summed E-state index contributed by atoms with van der Waals surface area (Å²) in [6, 6.07) is 25.3. The van der Waals surface area contributed by atoms with Crippen LogP contribution in [0.15, 0.2) is 90.2 Å². The zero-order valence-electron chi connectivity index (χ0n) is 16.7. The SMILES string of the molecule is Cc1ccc(Cn2cc(/C=N\NC(=O)[C@H](O)c3ccccc3)c3ccccc32)cc1. The molecule has 3 aromatic carbocycles. The molecule has 1 atom stereocenters. The molecule has 0 aliphatic rings. The van der Waals surface area contributed by atoms with Gasteiger partial charge in [-0.15, -0.1) is 0 Å². The van der Waals surface area contributed by atoms with Gasteiger partial charge in [0.1, 0.15) is 0 Å². The van der Waals surface area contributed by atoms with E-state index in [2.05, 4.69) is 52.3 Å². The highest BCUT2D eigenvalue weighted by Crippen LogP contribution is 2.21. The normalized spacial score (nSPS) is 12.3. The second-order valence-corrected chi connectivity index (χ2v) is 7.26. The van der Waals surface area contributed by atoms with Crippen LogP contribution in [-0.2, 0) is 11.3 Å². The number of fused-ring (bicyclic) bond motifs is 1. The fraction of sp³-hybridized carbons (Fsp3) is 0.120. The number of aliphatic hydroxyl groups is 1. The average molecular weight is 397 g/mol. The van der Waals surface area contributed by atoms with Crippen LogP contribution in [0.1, 0.15) is 28.4 Å². The van der Waals surface area contributed by atoms with E-state index in [1.165, 1.54) is 11.1 Å². The quantitative estimate of drug-likeness (QED) is 0.379. The molecule has 0 aliphatic heterocycles. The molecule has 0 spiro atoms. The standard InChI is InChI=1S/C25H23N3O2/c1-18-11-13-19(14-12-18)16-28-17-21(22-9-5-6-10-23(22)28)15-26-27-25(30)24(29)20-7-3-2-4-8-20/h2-15,17,24,29H,16H2,1H3,(H,27,30)/b26-15-/t24-/m1/s1. The average Bonchev–Trinajstić information content (AvgIpc) is 3.13. The number of aryl methyl sites for hydroxylation is 1. The first-order valence-corrected chi connectivity index (χ1v) is 9.81. The highest BCUT2D eigenvalue weighted by Gasteiger charge is 2.16. The van der Waals surface area contributed by atoms with Crippen molar-refractivity contribution in [2.45, 2.75) is 19.6 Å². The lowest BCUT2D eigenvalue weighted by molar-refractivity contribution is -0.129. The molecule has 0 saturated carbocycles. The van der Waals surface area contributed by atoms with Gasteiger partial charge in [0.25, 0.3) is 5.91 Å². The minimum absolute atomic E-state index is 0.528. The lowest BCUT2D eigenvalue weighted by Crippen LogP contribution is -2.25. The molecule has 2 N–H and O–H groups in total. The molecule has 0 saturated heterocycles. The number of para-hydroxylation sites is 1. The summed E-state index contributed by atoms with van der Waals surface area (Å²) in [5, 5.41) is 15.3. The Kier molecular flexibility index (Phi) is 5.72. The smallest absolute Gasteiger partial charge is 0.273 e. The van der Waals surface area contributed by atoms with Gasteiger partial charge in [0.2, 0.25) is 0 Å². The number of nitrogens with one attached hydrogen (secondary N) is 1. The molecular formula is C25H23N3O2. The maximum absolute atomic E-state index is 12.2. The van der Waals surface area contributed by atoms with Gasteiger partial charge in [-0.25, -0.2) is 5.43 Å². The summed E-state index contributed by atoms with van der Waals surface area (Å²) in [5.41, 5.74) is 7.39. The second kappa shape index (κ2) is 8.76. The van der Waals surface area contributed by atoms with Crippen LogP contribution < -0.4 is 5.43 Å². The summed E-state index contributed by atoms with van der Waals surface area (Å²) in [7, 11) is 0. The Morgan fingerprint density at radius 2 is 1.73 bits per heavy atom. The predicted molar refractivity (Wildman–Crippen MR) is 119 cm³/mol. The first kappa shape index (κ1) is 19.6. The zero-order valence-corrected chi connectivity index (χ0v) is 16.7. The molecule has 1 heterocycles. The predicted octanol–water partition coefficient (Wildman–Crippen LogP) is 4.18. The number of amides is 1. The summed E-state index contributed by atoms with van der Waals surface area (Å²) in [4.78, 5) is 12.2. The Labute approximate surface area is 175 Å². The van der Waals surface area contributed by atoms with Gasteiger partial charge < -0.3 is 9.67 Å². The molecule has 5 heteroatoms. The van der Waals surface area contributed by atoms with E-state index in [1.807, 2.05) is 30.5 Å². The molecule has 0 radical (unpaired) electrons. The van der Waals surface area contributed by atoms with Crippen LogP contribution >= 0.6 is 0 Å². The van der Waals surface area contributed by atoms with Crippen LogP contribution in [0.3, 0.4) is 0 Å². The Morgan fingerprint density at radius 3 is 2.50 bits per heavy atom. The third kappa shape index (κ3) is 4.31. The Balaban J connectivity index is 1.52. The number of rotatable bonds is 6. The minimum Gasteiger partial charge on any atom is -0.378 e. The summed E-state index contributed by atoms with van der Waals surface area (Å²) in [6.45, 7) is 2.82. The fourth-order valence-electron chi connectivity index (χ4n) is 3.41. The van der Waals surface area contributed by atoms with Gasteiger partial charge in [-0.1, -0.05) is 78.4 Å². The van der Waals surface area contributed by atoms with Crippen molar-refractivity contribution in [3.05, 3.63) is 107 Å². The van der Waals surface area contributed by atoms with Crippen molar-refractivity contribution in [2.75, 3.05) is 0 Å². The van der Waals surface area contributed by atoms with Crippen molar-refractivity contribution in [1.82, 2.24) is 9.99 Å². The van der Waals surface area contributed by atoms with Crippen LogP contribution in [0.2, 0.25) is 0 Å². The molecule has 30 heavy (non-hydrogen) atoms. The number of nitrogens with zero attached hydrogens (tertiary/aromatic N) is 2. The largest absolute Gasteiger partial charge is 0.378 e. The Bertz CT molecular complexity index is 1180. The topological polar surface area (TPSA) is 66.6 Å². The summed E-state index contributed by atoms with van der Waals surface area (Å²) >= 11 is 0. The van der Waals surface area contributed by atoms with Crippen molar-refractivity contribution in [2.24, 2.45) is 5.10 Å². The Hall–Kier alpha value is -3.70. The molecule has 5 nitrogen and oxygen atoms in total. The fourth-order valence-corrected chi connectivity index (χ4v) is 3.41. The molecule has 0 fully saturated rings. The number of carbonyl (C=O) groups is 1. The maximum Gasteiger partial charge on any atom is 0.273 e. The summed E-state index contributed by atoms with van der Waals surface area (Å²) < 4.78 is 2.17. The van der Waals surface area contributed by atoms with Crippen molar-refractivity contribution in [3.8, 4) is 0 Å². The Morgan fingerprint density at radius 1 is 1.03 bits per heavy atom. The lowest BCUT2D eigenvalue weighted by Gasteiger charge is -2.08. The van der Waals surface area contributed by atoms with Gasteiger partial charge in [-0.05, 0) is 24.1 Å². The lowest BCUT2D eigenvalue weighted by atomic mass is 10.1. The number of hydrogen-bond acceptors (Lipinski definition) is 3. The summed E-state index contributed by atoms with van der Waals surface area (Å²) in [5.74, 6) is -0.569. The molecule has 1 aromatic heterocycles. The zero-order chi connectivity index (χ0) is 20.9. The number of hydrazone groups is 1. The molecule has 150 valence electrons. The van der Waals surface area contributed by atoms with Crippen LogP contribution in [-0.4, -0.2) is 21.8 Å². The number of benzene rings is 3. The monoisotopic (exact) mass is 397 g/mol. The van der Waals surface area contributed by atoms with E-state index >= 15 is 0 Å². The van der Waals surface area contributed by atoms with Crippen molar-refractivity contribution >= 4 is 23.0 Å². The van der Waals surface area contributed by atoms with Gasteiger partial charge in [0.15, 0.2) is 6.10 Å². The molecular weight excluding hydrogens is 374 g/mol.